The maximum absolute atomic E-state index is 13.4. The molecule has 5 heterocycles. The molecule has 18 nitrogen and oxygen atoms in total. The zero-order chi connectivity index (χ0) is 34.3. The predicted octanol–water partition coefficient (Wildman–Crippen LogP) is 1.03. The van der Waals surface area contributed by atoms with E-state index in [0.29, 0.717) is 22.1 Å². The molecule has 0 bridgehead atoms. The van der Waals surface area contributed by atoms with Gasteiger partial charge in [-0.15, -0.1) is 34.9 Å². The average molecular weight is 714 g/mol. The lowest BCUT2D eigenvalue weighted by Gasteiger charge is -2.49. The van der Waals surface area contributed by atoms with Crippen molar-refractivity contribution >= 4 is 75.2 Å². The average Bonchev–Trinajstić information content (AvgIpc) is 3.70. The first-order chi connectivity index (χ1) is 22.9. The lowest BCUT2D eigenvalue weighted by atomic mass is 10.0. The molecule has 1 fully saturated rings. The number of thioether (sulfide) groups is 2. The van der Waals surface area contributed by atoms with Gasteiger partial charge in [0, 0.05) is 28.1 Å². The standard InChI is InChI=1S/C27H23N9O9S3/c1-10-4-15(36-27(31-10)29-9-30-36)46-6-12-7-47-23-18(22(40)35(23)19(12)25(43)44)33-21(39)17(13-8-48-26(28)32-13)34-45-5-11-2-3-14(37)20(38)16(11)24(41)42/h2-4,8-9,18,23,37-38H,5-7H2,1H3,(H2,28,32)(H,33,39)(H,41,42)(H,43,44)/b34-17-/t18-,23-/m1/s1. The van der Waals surface area contributed by atoms with Gasteiger partial charge in [-0.1, -0.05) is 11.2 Å². The van der Waals surface area contributed by atoms with E-state index in [4.69, 9.17) is 10.6 Å². The number of fused-ring (bicyclic) bond motifs is 2. The first kappa shape index (κ1) is 32.5. The van der Waals surface area contributed by atoms with Crippen molar-refractivity contribution in [1.82, 2.24) is 34.8 Å². The van der Waals surface area contributed by atoms with Crippen LogP contribution in [0.4, 0.5) is 5.13 Å². The van der Waals surface area contributed by atoms with Crippen molar-refractivity contribution in [2.45, 2.75) is 30.0 Å². The fourth-order valence-corrected chi connectivity index (χ4v) is 8.00. The molecular formula is C27H23N9O9S3. The molecule has 6 rings (SSSR count). The maximum atomic E-state index is 13.4. The fourth-order valence-electron chi connectivity index (χ4n) is 4.91. The van der Waals surface area contributed by atoms with E-state index < -0.39 is 64.5 Å². The first-order valence-corrected chi connectivity index (χ1v) is 16.6. The van der Waals surface area contributed by atoms with Gasteiger partial charge in [-0.2, -0.15) is 14.6 Å². The summed E-state index contributed by atoms with van der Waals surface area (Å²) in [7, 11) is 0. The number of hydrogen-bond acceptors (Lipinski definition) is 16. The number of hydrogen-bond donors (Lipinski definition) is 6. The fraction of sp³-hybridized carbons (Fsp3) is 0.222. The number of aryl methyl sites for hydroxylation is 1. The number of nitrogen functional groups attached to an aromatic ring is 1. The molecule has 0 unspecified atom stereocenters. The summed E-state index contributed by atoms with van der Waals surface area (Å²) >= 11 is 3.60. The number of nitrogens with zero attached hydrogens (tertiary/aromatic N) is 7. The van der Waals surface area contributed by atoms with Gasteiger partial charge in [0.25, 0.3) is 17.6 Å². The second-order valence-corrected chi connectivity index (χ2v) is 13.2. The number of carboxylic acids is 2. The van der Waals surface area contributed by atoms with E-state index >= 15 is 0 Å². The number of phenolic OH excluding ortho intramolecular Hbond substituents is 1. The number of anilines is 1. The van der Waals surface area contributed by atoms with Crippen LogP contribution in [0.3, 0.4) is 0 Å². The Morgan fingerprint density at radius 2 is 2.00 bits per heavy atom. The van der Waals surface area contributed by atoms with Crippen molar-refractivity contribution in [3.8, 4) is 11.5 Å². The van der Waals surface area contributed by atoms with Gasteiger partial charge >= 0.3 is 11.9 Å². The Labute approximate surface area is 281 Å². The molecular weight excluding hydrogens is 691 g/mol. The maximum Gasteiger partial charge on any atom is 0.352 e. The van der Waals surface area contributed by atoms with Crippen LogP contribution in [0.25, 0.3) is 5.78 Å². The van der Waals surface area contributed by atoms with Gasteiger partial charge in [-0.25, -0.2) is 19.6 Å². The summed E-state index contributed by atoms with van der Waals surface area (Å²) < 4.78 is 1.54. The molecule has 248 valence electrons. The predicted molar refractivity (Wildman–Crippen MR) is 171 cm³/mol. The van der Waals surface area contributed by atoms with E-state index in [2.05, 4.69) is 30.5 Å². The number of nitrogens with two attached hydrogens (primary N) is 1. The van der Waals surface area contributed by atoms with Crippen LogP contribution in [0.1, 0.15) is 27.3 Å². The molecule has 7 N–H and O–H groups in total. The minimum absolute atomic E-state index is 0.000192. The number of rotatable bonds is 11. The van der Waals surface area contributed by atoms with Crippen LogP contribution in [0.2, 0.25) is 0 Å². The van der Waals surface area contributed by atoms with Gasteiger partial charge in [0.15, 0.2) is 22.3 Å². The van der Waals surface area contributed by atoms with Crippen molar-refractivity contribution in [2.75, 3.05) is 17.2 Å². The Bertz CT molecular complexity index is 2060. The minimum atomic E-state index is -1.54. The number of carbonyl (C=O) groups excluding carboxylic acids is 2. The van der Waals surface area contributed by atoms with Crippen LogP contribution < -0.4 is 11.1 Å². The molecule has 0 aliphatic carbocycles. The van der Waals surface area contributed by atoms with Gasteiger partial charge < -0.3 is 36.3 Å². The molecule has 0 spiro atoms. The van der Waals surface area contributed by atoms with Crippen LogP contribution in [-0.2, 0) is 25.8 Å². The van der Waals surface area contributed by atoms with Gasteiger partial charge in [0.1, 0.15) is 46.3 Å². The Hall–Kier alpha value is -5.41. The number of aromatic hydroxyl groups is 2. The molecule has 1 saturated heterocycles. The molecule has 2 aliphatic heterocycles. The van der Waals surface area contributed by atoms with E-state index in [1.165, 1.54) is 45.8 Å². The van der Waals surface area contributed by atoms with Crippen molar-refractivity contribution in [1.29, 1.82) is 0 Å². The van der Waals surface area contributed by atoms with E-state index in [9.17, 15) is 39.6 Å². The third kappa shape index (κ3) is 6.04. The summed E-state index contributed by atoms with van der Waals surface area (Å²) in [6, 6.07) is 2.95. The number of carboxylic acid groups (broad SMARTS) is 2. The number of aliphatic carboxylic acids is 1. The normalized spacial score (nSPS) is 17.6. The Balaban J connectivity index is 1.19. The van der Waals surface area contributed by atoms with Crippen molar-refractivity contribution < 1.29 is 44.4 Å². The van der Waals surface area contributed by atoms with Gasteiger partial charge in [0.05, 0.1) is 0 Å². The van der Waals surface area contributed by atoms with Crippen LogP contribution >= 0.6 is 34.9 Å². The number of amides is 2. The number of β-lactam (4-membered cyclic amide) rings is 1. The molecule has 1 aromatic carbocycles. The number of aromatic nitrogens is 5. The number of nitrogens with one attached hydrogen (secondary N) is 1. The number of thiazole rings is 1. The summed E-state index contributed by atoms with van der Waals surface area (Å²) in [4.78, 5) is 69.6. The van der Waals surface area contributed by atoms with Crippen molar-refractivity contribution in [2.24, 2.45) is 5.16 Å². The van der Waals surface area contributed by atoms with Gasteiger partial charge in [-0.05, 0) is 24.6 Å². The summed E-state index contributed by atoms with van der Waals surface area (Å²) in [5, 5.41) is 51.2. The molecule has 0 saturated carbocycles. The lowest BCUT2D eigenvalue weighted by Crippen LogP contribution is -2.71. The zero-order valence-electron chi connectivity index (χ0n) is 24.4. The van der Waals surface area contributed by atoms with Crippen LogP contribution in [0.15, 0.2) is 51.4 Å². The number of phenols is 2. The largest absolute Gasteiger partial charge is 0.504 e. The molecule has 21 heteroatoms. The van der Waals surface area contributed by atoms with E-state index in [0.717, 1.165) is 22.3 Å². The lowest BCUT2D eigenvalue weighted by molar-refractivity contribution is -0.150. The number of benzene rings is 1. The number of oxime groups is 1. The Kier molecular flexibility index (Phi) is 8.81. The highest BCUT2D eigenvalue weighted by atomic mass is 32.2. The Morgan fingerprint density at radius 1 is 1.21 bits per heavy atom. The first-order valence-electron chi connectivity index (χ1n) is 13.6. The van der Waals surface area contributed by atoms with Gasteiger partial charge in [-0.3, -0.25) is 14.5 Å². The summed E-state index contributed by atoms with van der Waals surface area (Å²) in [6.45, 7) is 1.27. The molecule has 4 aromatic rings. The van der Waals surface area contributed by atoms with Crippen molar-refractivity contribution in [3.63, 3.8) is 0 Å². The smallest absolute Gasteiger partial charge is 0.352 e. The third-order valence-corrected chi connectivity index (χ3v) is 10.2. The molecule has 48 heavy (non-hydrogen) atoms. The molecule has 0 radical (unpaired) electrons. The highest BCUT2D eigenvalue weighted by Crippen LogP contribution is 2.41. The summed E-state index contributed by atoms with van der Waals surface area (Å²) in [5.41, 5.74) is 5.71. The third-order valence-electron chi connectivity index (χ3n) is 7.09. The molecule has 2 amide bonds. The second-order valence-electron chi connectivity index (χ2n) is 10.2. The highest BCUT2D eigenvalue weighted by molar-refractivity contribution is 8.01. The highest BCUT2D eigenvalue weighted by Gasteiger charge is 2.54. The van der Waals surface area contributed by atoms with Crippen LogP contribution in [0, 0.1) is 6.92 Å². The van der Waals surface area contributed by atoms with Crippen molar-refractivity contribution in [3.05, 3.63) is 63.7 Å². The van der Waals surface area contributed by atoms with E-state index in [1.54, 1.807) is 13.0 Å². The molecule has 2 aliphatic rings. The summed E-state index contributed by atoms with van der Waals surface area (Å²) in [6.07, 6.45) is 1.37. The molecule has 3 aromatic heterocycles. The quantitative estimate of drug-likeness (QED) is 0.0316. The zero-order valence-corrected chi connectivity index (χ0v) is 26.9. The van der Waals surface area contributed by atoms with E-state index in [-0.39, 0.29) is 33.6 Å². The number of carbonyl (C=O) groups is 4. The number of aromatic carboxylic acids is 1. The van der Waals surface area contributed by atoms with E-state index in [1.807, 2.05) is 0 Å². The monoisotopic (exact) mass is 713 g/mol. The van der Waals surface area contributed by atoms with Crippen LogP contribution in [-0.4, -0.2) is 102 Å². The second kappa shape index (κ2) is 13.0. The topological polar surface area (TPSA) is 268 Å². The SMILES string of the molecule is Cc1cc(SCC2=C(C(=O)O)N3C(=O)[C@@H](NC(=O)/C(=N\OCc4ccc(O)c(O)c4C(=O)O)c4csc(N)n4)[C@H]3SC2)n2ncnc2n1. The summed E-state index contributed by atoms with van der Waals surface area (Å²) in [5.74, 6) is -4.99. The molecule has 2 atom stereocenters. The minimum Gasteiger partial charge on any atom is -0.504 e. The van der Waals surface area contributed by atoms with Gasteiger partial charge in [0.2, 0.25) is 0 Å². The van der Waals surface area contributed by atoms with Crippen LogP contribution in [0.5, 0.6) is 11.5 Å². The Morgan fingerprint density at radius 3 is 2.71 bits per heavy atom.